The fourth-order valence-electron chi connectivity index (χ4n) is 2.75. The maximum Gasteiger partial charge on any atom is 0.322 e. The lowest BCUT2D eigenvalue weighted by molar-refractivity contribution is 0.190. The minimum atomic E-state index is -0.873. The maximum absolute atomic E-state index is 13.8. The molecule has 1 atom stereocenters. The van der Waals surface area contributed by atoms with Crippen LogP contribution in [-0.4, -0.2) is 29.6 Å². The molecule has 1 aromatic carbocycles. The van der Waals surface area contributed by atoms with Gasteiger partial charge in [0.15, 0.2) is 17.4 Å². The van der Waals surface area contributed by atoms with Gasteiger partial charge in [-0.3, -0.25) is 4.98 Å². The van der Waals surface area contributed by atoms with Crippen LogP contribution in [0.15, 0.2) is 36.7 Å². The van der Waals surface area contributed by atoms with Crippen molar-refractivity contribution in [3.05, 3.63) is 53.9 Å². The van der Waals surface area contributed by atoms with E-state index in [1.54, 1.807) is 17.3 Å². The summed E-state index contributed by atoms with van der Waals surface area (Å²) in [6, 6.07) is 5.14. The molecule has 0 fully saturated rings. The number of halogens is 2. The summed E-state index contributed by atoms with van der Waals surface area (Å²) in [5.41, 5.74) is 0.977. The van der Waals surface area contributed by atoms with Crippen molar-refractivity contribution in [2.75, 3.05) is 19.0 Å². The molecule has 2 amide bonds. The number of hydrogen-bond acceptors (Lipinski definition) is 3. The molecule has 0 radical (unpaired) electrons. The van der Waals surface area contributed by atoms with E-state index >= 15 is 0 Å². The third kappa shape index (κ3) is 4.23. The molecule has 0 aliphatic rings. The van der Waals surface area contributed by atoms with Gasteiger partial charge in [-0.05, 0) is 31.0 Å². The Kier molecular flexibility index (Phi) is 6.27. The summed E-state index contributed by atoms with van der Waals surface area (Å²) >= 11 is 0. The van der Waals surface area contributed by atoms with Crippen LogP contribution in [0, 0.1) is 11.6 Å². The minimum absolute atomic E-state index is 0.0313. The Balaban J connectivity index is 2.22. The number of aromatic nitrogens is 1. The van der Waals surface area contributed by atoms with Gasteiger partial charge < -0.3 is 15.0 Å². The Labute approximate surface area is 145 Å². The first-order valence-corrected chi connectivity index (χ1v) is 8.02. The van der Waals surface area contributed by atoms with Gasteiger partial charge >= 0.3 is 6.03 Å². The zero-order valence-electron chi connectivity index (χ0n) is 14.4. The van der Waals surface area contributed by atoms with Gasteiger partial charge in [-0.2, -0.15) is 0 Å². The Morgan fingerprint density at radius 1 is 1.24 bits per heavy atom. The molecule has 2 aromatic rings. The fourth-order valence-corrected chi connectivity index (χ4v) is 2.75. The number of amides is 2. The highest BCUT2D eigenvalue weighted by atomic mass is 19.1. The first kappa shape index (κ1) is 18.6. The van der Waals surface area contributed by atoms with E-state index in [0.29, 0.717) is 13.0 Å². The average Bonchev–Trinajstić information content (AvgIpc) is 2.59. The molecule has 0 spiro atoms. The van der Waals surface area contributed by atoms with Gasteiger partial charge in [0.1, 0.15) is 0 Å². The number of hydrogen-bond donors (Lipinski definition) is 1. The number of anilines is 1. The number of benzene rings is 1. The highest BCUT2D eigenvalue weighted by Crippen LogP contribution is 2.27. The van der Waals surface area contributed by atoms with Crippen LogP contribution in [0.5, 0.6) is 5.75 Å². The lowest BCUT2D eigenvalue weighted by Crippen LogP contribution is -2.37. The van der Waals surface area contributed by atoms with Crippen LogP contribution >= 0.6 is 0 Å². The van der Waals surface area contributed by atoms with Crippen molar-refractivity contribution in [1.82, 2.24) is 9.88 Å². The minimum Gasteiger partial charge on any atom is -0.491 e. The molecule has 0 aliphatic heterocycles. The molecule has 1 aromatic heterocycles. The summed E-state index contributed by atoms with van der Waals surface area (Å²) in [6.45, 7) is 4.25. The lowest BCUT2D eigenvalue weighted by Gasteiger charge is -2.30. The van der Waals surface area contributed by atoms with Gasteiger partial charge in [0.25, 0.3) is 0 Å². The van der Waals surface area contributed by atoms with Crippen LogP contribution in [0.4, 0.5) is 19.3 Å². The van der Waals surface area contributed by atoms with Crippen molar-refractivity contribution in [2.45, 2.75) is 26.3 Å². The molecule has 1 unspecified atom stereocenters. The van der Waals surface area contributed by atoms with Gasteiger partial charge in [0.05, 0.1) is 13.2 Å². The van der Waals surface area contributed by atoms with Crippen molar-refractivity contribution in [2.24, 2.45) is 0 Å². The number of nitrogens with zero attached hydrogens (tertiary/aromatic N) is 2. The molecule has 1 N–H and O–H groups in total. The average molecular weight is 349 g/mol. The SMILES string of the molecule is CCC(c1ccncc1)N(CC)C(=O)Nc1cc(F)c(OC)c(F)c1. The molecule has 0 bridgehead atoms. The van der Waals surface area contributed by atoms with E-state index in [9.17, 15) is 13.6 Å². The monoisotopic (exact) mass is 349 g/mol. The topological polar surface area (TPSA) is 54.5 Å². The zero-order valence-corrected chi connectivity index (χ0v) is 14.4. The van der Waals surface area contributed by atoms with Crippen LogP contribution < -0.4 is 10.1 Å². The molecule has 2 rings (SSSR count). The van der Waals surface area contributed by atoms with E-state index in [-0.39, 0.29) is 11.7 Å². The van der Waals surface area contributed by atoms with E-state index in [0.717, 1.165) is 17.7 Å². The number of methoxy groups -OCH3 is 1. The second-order valence-corrected chi connectivity index (χ2v) is 5.39. The summed E-state index contributed by atoms with van der Waals surface area (Å²) in [6.07, 6.45) is 4.02. The molecule has 134 valence electrons. The summed E-state index contributed by atoms with van der Waals surface area (Å²) in [4.78, 5) is 18.2. The number of carbonyl (C=O) groups is 1. The number of ether oxygens (including phenoxy) is 1. The van der Waals surface area contributed by atoms with Gasteiger partial charge in [-0.1, -0.05) is 6.92 Å². The molecule has 7 heteroatoms. The maximum atomic E-state index is 13.8. The van der Waals surface area contributed by atoms with Crippen LogP contribution in [0.25, 0.3) is 0 Å². The third-order valence-electron chi connectivity index (χ3n) is 3.91. The standard InChI is InChI=1S/C18H21F2N3O2/c1-4-16(12-6-8-21-9-7-12)23(5-2)18(24)22-13-10-14(19)17(25-3)15(20)11-13/h6-11,16H,4-5H2,1-3H3,(H,22,24). The van der Waals surface area contributed by atoms with Gasteiger partial charge in [-0.15, -0.1) is 0 Å². The molecule has 0 saturated carbocycles. The summed E-state index contributed by atoms with van der Waals surface area (Å²) in [7, 11) is 1.18. The van der Waals surface area contributed by atoms with Gasteiger partial charge in [0.2, 0.25) is 0 Å². The second kappa shape index (κ2) is 8.41. The summed E-state index contributed by atoms with van der Waals surface area (Å²) in [5, 5.41) is 2.55. The Morgan fingerprint density at radius 3 is 2.32 bits per heavy atom. The number of pyridine rings is 1. The molecule has 1 heterocycles. The number of rotatable bonds is 6. The molecular weight excluding hydrogens is 328 g/mol. The predicted molar refractivity (Wildman–Crippen MR) is 91.6 cm³/mol. The normalized spacial score (nSPS) is 11.7. The van der Waals surface area contributed by atoms with E-state index in [1.165, 1.54) is 7.11 Å². The fraction of sp³-hybridized carbons (Fsp3) is 0.333. The number of urea groups is 1. The molecule has 25 heavy (non-hydrogen) atoms. The smallest absolute Gasteiger partial charge is 0.322 e. The third-order valence-corrected chi connectivity index (χ3v) is 3.91. The van der Waals surface area contributed by atoms with Crippen LogP contribution in [-0.2, 0) is 0 Å². The molecule has 5 nitrogen and oxygen atoms in total. The largest absolute Gasteiger partial charge is 0.491 e. The van der Waals surface area contributed by atoms with Gasteiger partial charge in [-0.25, -0.2) is 13.6 Å². The predicted octanol–water partition coefficient (Wildman–Crippen LogP) is 4.37. The summed E-state index contributed by atoms with van der Waals surface area (Å²) < 4.78 is 32.2. The summed E-state index contributed by atoms with van der Waals surface area (Å²) in [5.74, 6) is -2.22. The highest BCUT2D eigenvalue weighted by Gasteiger charge is 2.23. The second-order valence-electron chi connectivity index (χ2n) is 5.39. The van der Waals surface area contributed by atoms with Crippen molar-refractivity contribution in [3.63, 3.8) is 0 Å². The highest BCUT2D eigenvalue weighted by molar-refractivity contribution is 5.89. The van der Waals surface area contributed by atoms with Crippen molar-refractivity contribution >= 4 is 11.7 Å². The lowest BCUT2D eigenvalue weighted by atomic mass is 10.0. The molecular formula is C18H21F2N3O2. The van der Waals surface area contributed by atoms with Crippen molar-refractivity contribution < 1.29 is 18.3 Å². The van der Waals surface area contributed by atoms with E-state index in [4.69, 9.17) is 0 Å². The van der Waals surface area contributed by atoms with Crippen LogP contribution in [0.1, 0.15) is 31.9 Å². The molecule has 0 aliphatic carbocycles. The van der Waals surface area contributed by atoms with Crippen molar-refractivity contribution in [1.29, 1.82) is 0 Å². The van der Waals surface area contributed by atoms with E-state index < -0.39 is 23.4 Å². The van der Waals surface area contributed by atoms with E-state index in [2.05, 4.69) is 15.0 Å². The Morgan fingerprint density at radius 2 is 1.84 bits per heavy atom. The Hall–Kier alpha value is -2.70. The molecule has 0 saturated heterocycles. The van der Waals surface area contributed by atoms with Crippen LogP contribution in [0.2, 0.25) is 0 Å². The first-order valence-electron chi connectivity index (χ1n) is 8.02. The van der Waals surface area contributed by atoms with E-state index in [1.807, 2.05) is 26.0 Å². The first-order chi connectivity index (χ1) is 12.0. The van der Waals surface area contributed by atoms with Gasteiger partial charge in [0, 0.05) is 36.8 Å². The zero-order chi connectivity index (χ0) is 18.4. The van der Waals surface area contributed by atoms with Crippen LogP contribution in [0.3, 0.4) is 0 Å². The van der Waals surface area contributed by atoms with Crippen molar-refractivity contribution in [3.8, 4) is 5.75 Å². The number of carbonyl (C=O) groups excluding carboxylic acids is 1. The quantitative estimate of drug-likeness (QED) is 0.842. The Bertz CT molecular complexity index is 703. The number of nitrogens with one attached hydrogen (secondary N) is 1.